The minimum atomic E-state index is -3.42. The van der Waals surface area contributed by atoms with Crippen molar-refractivity contribution in [2.45, 2.75) is 11.4 Å². The summed E-state index contributed by atoms with van der Waals surface area (Å²) in [5, 5.41) is 3.98. The van der Waals surface area contributed by atoms with Gasteiger partial charge >= 0.3 is 0 Å². The second-order valence-electron chi connectivity index (χ2n) is 4.59. The molecule has 0 amide bonds. The molecule has 7 heteroatoms. The van der Waals surface area contributed by atoms with Gasteiger partial charge in [0.25, 0.3) is 5.56 Å². The third-order valence-corrected chi connectivity index (χ3v) is 4.93. The van der Waals surface area contributed by atoms with Gasteiger partial charge in [-0.05, 0) is 24.3 Å². The molecule has 6 nitrogen and oxygen atoms in total. The number of rotatable bonds is 4. The van der Waals surface area contributed by atoms with Crippen molar-refractivity contribution in [3.63, 3.8) is 0 Å². The average Bonchev–Trinajstić information content (AvgIpc) is 2.97. The van der Waals surface area contributed by atoms with Crippen LogP contribution in [0.1, 0.15) is 0 Å². The van der Waals surface area contributed by atoms with Crippen LogP contribution in [0.2, 0.25) is 0 Å². The molecular formula is C14H13N3O3S. The first-order valence-electron chi connectivity index (χ1n) is 6.38. The minimum absolute atomic E-state index is 0.0255. The molecule has 0 aliphatic carbocycles. The Morgan fingerprint density at radius 3 is 2.57 bits per heavy atom. The van der Waals surface area contributed by atoms with Crippen molar-refractivity contribution in [2.75, 3.05) is 5.75 Å². The van der Waals surface area contributed by atoms with Gasteiger partial charge in [-0.3, -0.25) is 4.79 Å². The molecule has 0 atom stereocenters. The summed E-state index contributed by atoms with van der Waals surface area (Å²) in [5.74, 6) is -0.166. The Balaban J connectivity index is 1.87. The van der Waals surface area contributed by atoms with Crippen molar-refractivity contribution in [1.82, 2.24) is 14.2 Å². The maximum atomic E-state index is 12.2. The Morgan fingerprint density at radius 2 is 1.81 bits per heavy atom. The van der Waals surface area contributed by atoms with Crippen molar-refractivity contribution in [1.29, 1.82) is 0 Å². The third kappa shape index (κ3) is 2.59. The van der Waals surface area contributed by atoms with Gasteiger partial charge in [-0.15, -0.1) is 0 Å². The lowest BCUT2D eigenvalue weighted by Crippen LogP contribution is -2.27. The zero-order valence-electron chi connectivity index (χ0n) is 11.1. The van der Waals surface area contributed by atoms with E-state index in [4.69, 9.17) is 0 Å². The van der Waals surface area contributed by atoms with Gasteiger partial charge in [-0.1, -0.05) is 18.2 Å². The Morgan fingerprint density at radius 1 is 1.05 bits per heavy atom. The largest absolute Gasteiger partial charge is 0.301 e. The molecule has 1 aromatic carbocycles. The van der Waals surface area contributed by atoms with Gasteiger partial charge in [0.1, 0.15) is 11.8 Å². The van der Waals surface area contributed by atoms with Crippen LogP contribution < -0.4 is 5.56 Å². The Bertz CT molecular complexity index is 927. The summed E-state index contributed by atoms with van der Waals surface area (Å²) >= 11 is 0. The van der Waals surface area contributed by atoms with E-state index in [2.05, 4.69) is 5.10 Å². The molecule has 0 saturated carbocycles. The summed E-state index contributed by atoms with van der Waals surface area (Å²) in [4.78, 5) is 12.4. The average molecular weight is 303 g/mol. The number of aromatic nitrogens is 3. The summed E-state index contributed by atoms with van der Waals surface area (Å²) < 4.78 is 27.1. The highest BCUT2D eigenvalue weighted by Gasteiger charge is 2.15. The standard InChI is InChI=1S/C14H13N3O3S/c18-14-13-7-4-8-16(13)11-15-17(14)9-10-21(19,20)12-5-2-1-3-6-12/h1-8,11H,9-10H2. The zero-order chi connectivity index (χ0) is 14.9. The van der Waals surface area contributed by atoms with Crippen molar-refractivity contribution >= 4 is 15.4 Å². The number of sulfone groups is 1. The maximum Gasteiger partial charge on any atom is 0.291 e. The van der Waals surface area contributed by atoms with Crippen molar-refractivity contribution in [3.8, 4) is 0 Å². The fourth-order valence-electron chi connectivity index (χ4n) is 2.09. The highest BCUT2D eigenvalue weighted by atomic mass is 32.2. The topological polar surface area (TPSA) is 73.4 Å². The lowest BCUT2D eigenvalue weighted by atomic mass is 10.4. The SMILES string of the molecule is O=c1c2cccn2cnn1CCS(=O)(=O)c1ccccc1. The summed E-state index contributed by atoms with van der Waals surface area (Å²) in [7, 11) is -3.42. The molecule has 108 valence electrons. The van der Waals surface area contributed by atoms with Crippen LogP contribution in [-0.2, 0) is 16.4 Å². The molecule has 0 bridgehead atoms. The second kappa shape index (κ2) is 5.17. The predicted octanol–water partition coefficient (Wildman–Crippen LogP) is 0.970. The first-order chi connectivity index (χ1) is 10.1. The monoisotopic (exact) mass is 303 g/mol. The van der Waals surface area contributed by atoms with Gasteiger partial charge in [0.15, 0.2) is 9.84 Å². The molecule has 0 radical (unpaired) electrons. The Kier molecular flexibility index (Phi) is 3.34. The van der Waals surface area contributed by atoms with E-state index < -0.39 is 9.84 Å². The van der Waals surface area contributed by atoms with Crippen LogP contribution in [0.5, 0.6) is 0 Å². The molecule has 2 heterocycles. The van der Waals surface area contributed by atoms with Crippen LogP contribution in [0.25, 0.3) is 5.52 Å². The fourth-order valence-corrected chi connectivity index (χ4v) is 3.31. The van der Waals surface area contributed by atoms with E-state index in [1.165, 1.54) is 11.0 Å². The summed E-state index contributed by atoms with van der Waals surface area (Å²) in [6.45, 7) is 0.0255. The highest BCUT2D eigenvalue weighted by molar-refractivity contribution is 7.91. The lowest BCUT2D eigenvalue weighted by molar-refractivity contribution is 0.568. The second-order valence-corrected chi connectivity index (χ2v) is 6.70. The maximum absolute atomic E-state index is 12.2. The summed E-state index contributed by atoms with van der Waals surface area (Å²) in [6.07, 6.45) is 3.21. The number of benzene rings is 1. The van der Waals surface area contributed by atoms with Gasteiger partial charge in [-0.25, -0.2) is 13.1 Å². The molecular weight excluding hydrogens is 290 g/mol. The van der Waals surface area contributed by atoms with Crippen molar-refractivity contribution < 1.29 is 8.42 Å². The fraction of sp³-hybridized carbons (Fsp3) is 0.143. The molecule has 3 rings (SSSR count). The molecule has 2 aromatic heterocycles. The molecule has 0 saturated heterocycles. The van der Waals surface area contributed by atoms with Crippen LogP contribution in [0.4, 0.5) is 0 Å². The highest BCUT2D eigenvalue weighted by Crippen LogP contribution is 2.10. The minimum Gasteiger partial charge on any atom is -0.301 e. The van der Waals surface area contributed by atoms with Crippen LogP contribution in [-0.4, -0.2) is 28.4 Å². The first-order valence-corrected chi connectivity index (χ1v) is 8.04. The van der Waals surface area contributed by atoms with E-state index in [1.54, 1.807) is 53.1 Å². The van der Waals surface area contributed by atoms with Crippen LogP contribution in [0.3, 0.4) is 0 Å². The number of aryl methyl sites for hydroxylation is 1. The number of hydrogen-bond acceptors (Lipinski definition) is 4. The van der Waals surface area contributed by atoms with Gasteiger partial charge in [-0.2, -0.15) is 5.10 Å². The summed E-state index contributed by atoms with van der Waals surface area (Å²) in [5.41, 5.74) is 0.174. The molecule has 0 aliphatic heterocycles. The Hall–Kier alpha value is -2.41. The van der Waals surface area contributed by atoms with E-state index in [9.17, 15) is 13.2 Å². The quantitative estimate of drug-likeness (QED) is 0.720. The van der Waals surface area contributed by atoms with Gasteiger partial charge in [0, 0.05) is 6.20 Å². The third-order valence-electron chi connectivity index (χ3n) is 3.22. The van der Waals surface area contributed by atoms with Gasteiger partial charge in [0.2, 0.25) is 0 Å². The van der Waals surface area contributed by atoms with Crippen molar-refractivity contribution in [3.05, 3.63) is 65.3 Å². The molecule has 0 aliphatic rings. The molecule has 0 N–H and O–H groups in total. The molecule has 3 aromatic rings. The Labute approximate surface area is 121 Å². The zero-order valence-corrected chi connectivity index (χ0v) is 11.9. The number of hydrogen-bond donors (Lipinski definition) is 0. The lowest BCUT2D eigenvalue weighted by Gasteiger charge is -2.06. The van der Waals surface area contributed by atoms with Crippen LogP contribution in [0.15, 0.2) is 64.7 Å². The van der Waals surface area contributed by atoms with Crippen LogP contribution in [0, 0.1) is 0 Å². The van der Waals surface area contributed by atoms with Crippen LogP contribution >= 0.6 is 0 Å². The van der Waals surface area contributed by atoms with E-state index >= 15 is 0 Å². The normalized spacial score (nSPS) is 11.8. The molecule has 21 heavy (non-hydrogen) atoms. The number of nitrogens with zero attached hydrogens (tertiary/aromatic N) is 3. The first kappa shape index (κ1) is 13.6. The van der Waals surface area contributed by atoms with E-state index in [-0.39, 0.29) is 22.8 Å². The van der Waals surface area contributed by atoms with Gasteiger partial charge < -0.3 is 4.40 Å². The smallest absolute Gasteiger partial charge is 0.291 e. The van der Waals surface area contributed by atoms with E-state index in [0.29, 0.717) is 5.52 Å². The molecule has 0 fully saturated rings. The van der Waals surface area contributed by atoms with Gasteiger partial charge in [0.05, 0.1) is 17.2 Å². The number of fused-ring (bicyclic) bond motifs is 1. The molecule has 0 unspecified atom stereocenters. The summed E-state index contributed by atoms with van der Waals surface area (Å²) in [6, 6.07) is 11.6. The van der Waals surface area contributed by atoms with E-state index in [0.717, 1.165) is 0 Å². The molecule has 0 spiro atoms. The van der Waals surface area contributed by atoms with E-state index in [1.807, 2.05) is 0 Å². The van der Waals surface area contributed by atoms with Crippen molar-refractivity contribution in [2.24, 2.45) is 0 Å². The predicted molar refractivity (Wildman–Crippen MR) is 77.9 cm³/mol.